The smallest absolute Gasteiger partial charge is 0.336 e. The summed E-state index contributed by atoms with van der Waals surface area (Å²) in [5.74, 6) is -1.57. The van der Waals surface area contributed by atoms with Crippen molar-refractivity contribution in [2.75, 3.05) is 20.2 Å². The van der Waals surface area contributed by atoms with E-state index in [4.69, 9.17) is 16.3 Å². The molecular formula is C26H28ClN3O5. The van der Waals surface area contributed by atoms with Gasteiger partial charge in [0.25, 0.3) is 5.69 Å². The molecule has 2 aromatic rings. The Morgan fingerprint density at radius 1 is 1.11 bits per heavy atom. The van der Waals surface area contributed by atoms with Crippen LogP contribution in [0.2, 0.25) is 5.02 Å². The summed E-state index contributed by atoms with van der Waals surface area (Å²) >= 11 is 5.93. The zero-order valence-corrected chi connectivity index (χ0v) is 20.9. The number of halogens is 1. The number of esters is 1. The predicted octanol–water partition coefficient (Wildman–Crippen LogP) is 4.75. The van der Waals surface area contributed by atoms with E-state index in [1.54, 1.807) is 26.0 Å². The highest BCUT2D eigenvalue weighted by atomic mass is 35.5. The van der Waals surface area contributed by atoms with E-state index in [9.17, 15) is 19.7 Å². The van der Waals surface area contributed by atoms with E-state index in [-0.39, 0.29) is 23.7 Å². The van der Waals surface area contributed by atoms with Crippen LogP contribution in [0.4, 0.5) is 5.69 Å². The number of hydrogen-bond donors (Lipinski definition) is 1. The quantitative estimate of drug-likeness (QED) is 0.303. The Kier molecular flexibility index (Phi) is 8.43. The number of Topliss-reactive ketones (excluding diaryl/α,β-unsaturated/α-hetero) is 1. The van der Waals surface area contributed by atoms with Gasteiger partial charge < -0.3 is 10.1 Å². The molecule has 0 bridgehead atoms. The van der Waals surface area contributed by atoms with Crippen molar-refractivity contribution >= 4 is 29.0 Å². The number of nitro benzene ring substituents is 1. The molecular weight excluding hydrogens is 470 g/mol. The van der Waals surface area contributed by atoms with Gasteiger partial charge in [0.2, 0.25) is 0 Å². The first kappa shape index (κ1) is 26.1. The summed E-state index contributed by atoms with van der Waals surface area (Å²) in [5, 5.41) is 15.1. The van der Waals surface area contributed by atoms with Crippen LogP contribution in [0.15, 0.2) is 71.1 Å². The van der Waals surface area contributed by atoms with E-state index in [1.165, 1.54) is 19.1 Å². The first-order valence-electron chi connectivity index (χ1n) is 11.1. The highest BCUT2D eigenvalue weighted by Crippen LogP contribution is 2.39. The average Bonchev–Trinajstić information content (AvgIpc) is 2.79. The van der Waals surface area contributed by atoms with Crippen molar-refractivity contribution in [1.82, 2.24) is 10.2 Å². The van der Waals surface area contributed by atoms with Crippen molar-refractivity contribution in [3.8, 4) is 0 Å². The van der Waals surface area contributed by atoms with Crippen LogP contribution in [-0.2, 0) is 20.9 Å². The molecule has 1 unspecified atom stereocenters. The monoisotopic (exact) mass is 497 g/mol. The lowest BCUT2D eigenvalue weighted by molar-refractivity contribution is -0.384. The molecule has 2 aromatic carbocycles. The molecule has 0 aromatic heterocycles. The average molecular weight is 498 g/mol. The van der Waals surface area contributed by atoms with Gasteiger partial charge in [0, 0.05) is 53.1 Å². The fourth-order valence-electron chi connectivity index (χ4n) is 4.24. The second-order valence-electron chi connectivity index (χ2n) is 8.54. The third kappa shape index (κ3) is 6.35. The molecule has 35 heavy (non-hydrogen) atoms. The number of carbonyl (C=O) groups is 2. The van der Waals surface area contributed by atoms with Crippen LogP contribution in [-0.4, -0.2) is 41.8 Å². The topological polar surface area (TPSA) is 102 Å². The number of allylic oxidation sites excluding steroid dienone is 3. The van der Waals surface area contributed by atoms with E-state index in [0.29, 0.717) is 40.6 Å². The Balaban J connectivity index is 1.79. The van der Waals surface area contributed by atoms with E-state index < -0.39 is 16.8 Å². The maximum Gasteiger partial charge on any atom is 0.336 e. The van der Waals surface area contributed by atoms with Crippen LogP contribution in [0.5, 0.6) is 0 Å². The molecule has 0 aliphatic carbocycles. The molecule has 0 fully saturated rings. The van der Waals surface area contributed by atoms with Gasteiger partial charge in [0.1, 0.15) is 6.61 Å². The Bertz CT molecular complexity index is 1200. The fraction of sp³-hybridized carbons (Fsp3) is 0.308. The first-order valence-corrected chi connectivity index (χ1v) is 11.5. The normalized spacial score (nSPS) is 15.8. The van der Waals surface area contributed by atoms with Crippen LogP contribution in [0.25, 0.3) is 0 Å². The van der Waals surface area contributed by atoms with Gasteiger partial charge in [-0.25, -0.2) is 4.79 Å². The van der Waals surface area contributed by atoms with Gasteiger partial charge in [-0.1, -0.05) is 35.9 Å². The Morgan fingerprint density at radius 3 is 2.40 bits per heavy atom. The van der Waals surface area contributed by atoms with Crippen LogP contribution < -0.4 is 5.32 Å². The van der Waals surface area contributed by atoms with Crippen LogP contribution in [0, 0.1) is 10.1 Å². The molecule has 1 aliphatic rings. The zero-order valence-electron chi connectivity index (χ0n) is 20.1. The summed E-state index contributed by atoms with van der Waals surface area (Å²) in [7, 11) is 1.92. The SMILES string of the molecule is CC(=O)C1=C(C)NC(C)=C(C(=O)OCCN(C)Cc2ccc(Cl)cc2)C1c1cccc([N+](=O)[O-])c1. The summed E-state index contributed by atoms with van der Waals surface area (Å²) in [6.45, 7) is 6.18. The highest BCUT2D eigenvalue weighted by molar-refractivity contribution is 6.30. The number of nitrogens with zero attached hydrogens (tertiary/aromatic N) is 2. The van der Waals surface area contributed by atoms with Gasteiger partial charge in [-0.15, -0.1) is 0 Å². The lowest BCUT2D eigenvalue weighted by Crippen LogP contribution is -2.32. The second-order valence-corrected chi connectivity index (χ2v) is 8.98. The van der Waals surface area contributed by atoms with Gasteiger partial charge in [0.05, 0.1) is 10.5 Å². The summed E-state index contributed by atoms with van der Waals surface area (Å²) < 4.78 is 5.60. The zero-order chi connectivity index (χ0) is 25.7. The molecule has 0 saturated carbocycles. The van der Waals surface area contributed by atoms with Crippen molar-refractivity contribution in [3.05, 3.63) is 97.3 Å². The first-order chi connectivity index (χ1) is 16.6. The standard InChI is InChI=1S/C26H28ClN3O5/c1-16-23(18(3)31)25(20-6-5-7-22(14-20)30(33)34)24(17(2)28-16)26(32)35-13-12-29(4)15-19-8-10-21(27)11-9-19/h5-11,14,25,28H,12-13,15H2,1-4H3. The van der Waals surface area contributed by atoms with Gasteiger partial charge in [-0.2, -0.15) is 0 Å². The molecule has 1 aliphatic heterocycles. The van der Waals surface area contributed by atoms with Gasteiger partial charge in [-0.05, 0) is 51.1 Å². The summed E-state index contributed by atoms with van der Waals surface area (Å²) in [6.07, 6.45) is 0. The molecule has 9 heteroatoms. The Morgan fingerprint density at radius 2 is 1.77 bits per heavy atom. The number of hydrogen-bond acceptors (Lipinski definition) is 7. The summed E-state index contributed by atoms with van der Waals surface area (Å²) in [4.78, 5) is 38.7. The van der Waals surface area contributed by atoms with E-state index >= 15 is 0 Å². The minimum atomic E-state index is -0.770. The minimum Gasteiger partial charge on any atom is -0.461 e. The molecule has 184 valence electrons. The van der Waals surface area contributed by atoms with Gasteiger partial charge >= 0.3 is 5.97 Å². The largest absolute Gasteiger partial charge is 0.461 e. The molecule has 1 heterocycles. The molecule has 0 radical (unpaired) electrons. The third-order valence-corrected chi connectivity index (χ3v) is 6.10. The van der Waals surface area contributed by atoms with Crippen LogP contribution in [0.3, 0.4) is 0 Å². The number of dihydropyridines is 1. The molecule has 1 N–H and O–H groups in total. The van der Waals surface area contributed by atoms with Crippen LogP contribution in [0.1, 0.15) is 37.8 Å². The molecule has 3 rings (SSSR count). The second kappa shape index (κ2) is 11.3. The minimum absolute atomic E-state index is 0.115. The molecule has 8 nitrogen and oxygen atoms in total. The number of nitrogens with one attached hydrogen (secondary N) is 1. The van der Waals surface area contributed by atoms with E-state index in [2.05, 4.69) is 5.32 Å². The maximum absolute atomic E-state index is 13.2. The summed E-state index contributed by atoms with van der Waals surface area (Å²) in [6, 6.07) is 13.5. The van der Waals surface area contributed by atoms with Crippen molar-refractivity contribution in [3.63, 3.8) is 0 Å². The van der Waals surface area contributed by atoms with E-state index in [1.807, 2.05) is 36.2 Å². The fourth-order valence-corrected chi connectivity index (χ4v) is 4.36. The van der Waals surface area contributed by atoms with Crippen LogP contribution >= 0.6 is 11.6 Å². The number of ketones is 1. The van der Waals surface area contributed by atoms with Crippen molar-refractivity contribution in [1.29, 1.82) is 0 Å². The van der Waals surface area contributed by atoms with E-state index in [0.717, 1.165) is 5.56 Å². The third-order valence-electron chi connectivity index (χ3n) is 5.85. The number of ether oxygens (including phenoxy) is 1. The number of non-ortho nitro benzene ring substituents is 1. The molecule has 0 saturated heterocycles. The maximum atomic E-state index is 13.2. The van der Waals surface area contributed by atoms with Crippen molar-refractivity contribution in [2.45, 2.75) is 33.2 Å². The van der Waals surface area contributed by atoms with Gasteiger partial charge in [0.15, 0.2) is 5.78 Å². The van der Waals surface area contributed by atoms with Crippen molar-refractivity contribution < 1.29 is 19.2 Å². The lowest BCUT2D eigenvalue weighted by Gasteiger charge is -2.30. The van der Waals surface area contributed by atoms with Gasteiger partial charge in [-0.3, -0.25) is 19.8 Å². The molecule has 0 amide bonds. The number of likely N-dealkylation sites (N-methyl/N-ethyl adjacent to an activating group) is 1. The number of benzene rings is 2. The number of nitro groups is 1. The van der Waals surface area contributed by atoms with Crippen molar-refractivity contribution in [2.24, 2.45) is 0 Å². The highest BCUT2D eigenvalue weighted by Gasteiger charge is 2.36. The molecule has 1 atom stereocenters. The lowest BCUT2D eigenvalue weighted by atomic mass is 9.79. The number of rotatable bonds is 9. The Hall–Kier alpha value is -3.49. The number of carbonyl (C=O) groups excluding carboxylic acids is 2. The Labute approximate surface area is 209 Å². The summed E-state index contributed by atoms with van der Waals surface area (Å²) in [5.41, 5.74) is 3.24. The molecule has 0 spiro atoms. The predicted molar refractivity (Wildman–Crippen MR) is 134 cm³/mol.